The van der Waals surface area contributed by atoms with Crippen LogP contribution in [0.3, 0.4) is 0 Å². The zero-order valence-electron chi connectivity index (χ0n) is 24.2. The molecular weight excluding hydrogens is 456 g/mol. The van der Waals surface area contributed by atoms with Crippen molar-refractivity contribution in [3.8, 4) is 11.8 Å². The van der Waals surface area contributed by atoms with E-state index >= 15 is 0 Å². The summed E-state index contributed by atoms with van der Waals surface area (Å²) in [5.74, 6) is 6.41. The van der Waals surface area contributed by atoms with Crippen molar-refractivity contribution in [3.63, 3.8) is 0 Å². The summed E-state index contributed by atoms with van der Waals surface area (Å²) in [5, 5.41) is 23.4. The maximum atomic E-state index is 12.2. The van der Waals surface area contributed by atoms with Gasteiger partial charge in [-0.2, -0.15) is 0 Å². The molecule has 0 amide bonds. The predicted octanol–water partition coefficient (Wildman–Crippen LogP) is 5.99. The molecular formula is C33H44N2O2. The van der Waals surface area contributed by atoms with Crippen molar-refractivity contribution in [2.24, 2.45) is 16.7 Å². The summed E-state index contributed by atoms with van der Waals surface area (Å²) in [6.07, 6.45) is 3.50. The molecule has 0 fully saturated rings. The van der Waals surface area contributed by atoms with Gasteiger partial charge in [-0.15, -0.1) is 0 Å². The number of hydrogen-bond donors (Lipinski definition) is 2. The van der Waals surface area contributed by atoms with Crippen LogP contribution in [0.15, 0.2) is 71.8 Å². The van der Waals surface area contributed by atoms with Gasteiger partial charge >= 0.3 is 0 Å². The first-order valence-corrected chi connectivity index (χ1v) is 13.0. The fourth-order valence-corrected chi connectivity index (χ4v) is 4.69. The van der Waals surface area contributed by atoms with E-state index in [0.29, 0.717) is 0 Å². The van der Waals surface area contributed by atoms with Crippen LogP contribution < -0.4 is 9.80 Å². The summed E-state index contributed by atoms with van der Waals surface area (Å²) in [7, 11) is 7.99. The molecule has 37 heavy (non-hydrogen) atoms. The Bertz CT molecular complexity index is 1130. The van der Waals surface area contributed by atoms with Gasteiger partial charge in [-0.1, -0.05) is 89.8 Å². The highest BCUT2D eigenvalue weighted by molar-refractivity contribution is 5.55. The van der Waals surface area contributed by atoms with E-state index in [1.807, 2.05) is 86.5 Å². The highest BCUT2D eigenvalue weighted by Gasteiger charge is 2.35. The average Bonchev–Trinajstić information content (AvgIpc) is 2.81. The van der Waals surface area contributed by atoms with Crippen molar-refractivity contribution in [1.82, 2.24) is 0 Å². The van der Waals surface area contributed by atoms with E-state index in [4.69, 9.17) is 0 Å². The molecule has 4 heteroatoms. The summed E-state index contributed by atoms with van der Waals surface area (Å²) >= 11 is 0. The molecule has 0 saturated carbocycles. The third-order valence-electron chi connectivity index (χ3n) is 7.06. The van der Waals surface area contributed by atoms with Crippen molar-refractivity contribution < 1.29 is 10.2 Å². The number of aliphatic hydroxyl groups is 2. The molecule has 0 spiro atoms. The van der Waals surface area contributed by atoms with Crippen LogP contribution in [-0.4, -0.2) is 44.5 Å². The van der Waals surface area contributed by atoms with Gasteiger partial charge in [-0.3, -0.25) is 0 Å². The van der Waals surface area contributed by atoms with E-state index in [0.717, 1.165) is 33.6 Å². The Labute approximate surface area is 224 Å². The van der Waals surface area contributed by atoms with Crippen LogP contribution in [0, 0.1) is 28.6 Å². The fraction of sp³-hybridized carbons (Fsp3) is 0.455. The van der Waals surface area contributed by atoms with Crippen LogP contribution in [0.2, 0.25) is 0 Å². The van der Waals surface area contributed by atoms with Gasteiger partial charge in [0.1, 0.15) is 0 Å². The van der Waals surface area contributed by atoms with Crippen molar-refractivity contribution in [1.29, 1.82) is 0 Å². The second-order valence-electron chi connectivity index (χ2n) is 12.5. The minimum absolute atomic E-state index is 0.204. The van der Waals surface area contributed by atoms with Gasteiger partial charge in [-0.05, 0) is 46.2 Å². The first kappa shape index (κ1) is 28.6. The van der Waals surface area contributed by atoms with Crippen LogP contribution in [0.5, 0.6) is 0 Å². The summed E-state index contributed by atoms with van der Waals surface area (Å²) in [5.41, 5.74) is 3.59. The summed E-state index contributed by atoms with van der Waals surface area (Å²) in [6, 6.07) is 15.8. The Morgan fingerprint density at radius 2 is 1.00 bits per heavy atom. The zero-order chi connectivity index (χ0) is 27.8. The van der Waals surface area contributed by atoms with Gasteiger partial charge in [0.15, 0.2) is 5.60 Å². The van der Waals surface area contributed by atoms with Crippen LogP contribution in [0.4, 0.5) is 11.4 Å². The lowest BCUT2D eigenvalue weighted by atomic mass is 9.70. The monoisotopic (exact) mass is 500 g/mol. The quantitative estimate of drug-likeness (QED) is 0.400. The molecule has 0 atom stereocenters. The van der Waals surface area contributed by atoms with Gasteiger partial charge in [-0.25, -0.2) is 0 Å². The van der Waals surface area contributed by atoms with E-state index in [9.17, 15) is 10.2 Å². The average molecular weight is 501 g/mol. The molecule has 0 unspecified atom stereocenters. The molecule has 0 saturated heterocycles. The fourth-order valence-electron chi connectivity index (χ4n) is 4.69. The van der Waals surface area contributed by atoms with Crippen molar-refractivity contribution in [2.75, 3.05) is 38.0 Å². The number of rotatable bonds is 4. The number of hydrogen-bond acceptors (Lipinski definition) is 4. The van der Waals surface area contributed by atoms with Crippen molar-refractivity contribution >= 4 is 11.4 Å². The largest absolute Gasteiger partial charge is 0.384 e. The highest BCUT2D eigenvalue weighted by atomic mass is 16.3. The van der Waals surface area contributed by atoms with Crippen molar-refractivity contribution in [2.45, 2.75) is 53.2 Å². The molecule has 0 aromatic heterocycles. The standard InChI is InChI=1S/C33H44N2O2/c1-31(2,3)28-21-23(22-29(30(28)36)32(4,5)6)19-20-33(37,24-11-15-26(16-12-24)34(7)8)25-13-17-27(18-14-25)35(9)10/h11-18,21-23,30,36-37H,1-10H3. The topological polar surface area (TPSA) is 46.9 Å². The van der Waals surface area contributed by atoms with E-state index in [1.54, 1.807) is 0 Å². The van der Waals surface area contributed by atoms with Crippen LogP contribution in [-0.2, 0) is 5.60 Å². The molecule has 198 valence electrons. The molecule has 1 aliphatic rings. The molecule has 0 heterocycles. The lowest BCUT2D eigenvalue weighted by molar-refractivity contribution is 0.145. The summed E-state index contributed by atoms with van der Waals surface area (Å²) in [6.45, 7) is 12.7. The Morgan fingerprint density at radius 3 is 1.30 bits per heavy atom. The van der Waals surface area contributed by atoms with Crippen molar-refractivity contribution in [3.05, 3.63) is 83.0 Å². The first-order valence-electron chi connectivity index (χ1n) is 13.0. The molecule has 2 N–H and O–H groups in total. The van der Waals surface area contributed by atoms with E-state index < -0.39 is 11.7 Å². The summed E-state index contributed by atoms with van der Waals surface area (Å²) in [4.78, 5) is 4.07. The maximum Gasteiger partial charge on any atom is 0.176 e. The Hall–Kier alpha value is -3.00. The molecule has 0 bridgehead atoms. The van der Waals surface area contributed by atoms with Gasteiger partial charge in [0.25, 0.3) is 0 Å². The smallest absolute Gasteiger partial charge is 0.176 e. The third-order valence-corrected chi connectivity index (χ3v) is 7.06. The Kier molecular flexibility index (Phi) is 8.03. The lowest BCUT2D eigenvalue weighted by Gasteiger charge is -2.37. The minimum Gasteiger partial charge on any atom is -0.384 e. The number of allylic oxidation sites excluding steroid dienone is 2. The Morgan fingerprint density at radius 1 is 0.649 bits per heavy atom. The van der Waals surface area contributed by atoms with E-state index in [1.165, 1.54) is 0 Å². The maximum absolute atomic E-state index is 12.2. The molecule has 3 rings (SSSR count). The van der Waals surface area contributed by atoms with E-state index in [2.05, 4.69) is 65.5 Å². The SMILES string of the molecule is CN(C)c1ccc(C(O)(C#CC2C=C(C(C)(C)C)C(O)C(C(C)(C)C)=C2)c2ccc(N(C)C)cc2)cc1. The first-order chi connectivity index (χ1) is 17.0. The number of benzene rings is 2. The summed E-state index contributed by atoms with van der Waals surface area (Å²) < 4.78 is 0. The van der Waals surface area contributed by atoms with Crippen LogP contribution in [0.25, 0.3) is 0 Å². The zero-order valence-corrected chi connectivity index (χ0v) is 24.2. The highest BCUT2D eigenvalue weighted by Crippen LogP contribution is 2.42. The lowest BCUT2D eigenvalue weighted by Crippen LogP contribution is -2.33. The number of anilines is 2. The number of nitrogens with zero attached hydrogens (tertiary/aromatic N) is 2. The minimum atomic E-state index is -1.49. The van der Waals surface area contributed by atoms with Gasteiger partial charge < -0.3 is 20.0 Å². The molecule has 0 aliphatic heterocycles. The molecule has 4 nitrogen and oxygen atoms in total. The molecule has 0 radical (unpaired) electrons. The van der Waals surface area contributed by atoms with Gasteiger partial charge in [0.2, 0.25) is 0 Å². The number of aliphatic hydroxyl groups excluding tert-OH is 1. The molecule has 2 aromatic carbocycles. The molecule has 2 aromatic rings. The van der Waals surface area contributed by atoms with Crippen LogP contribution >= 0.6 is 0 Å². The van der Waals surface area contributed by atoms with E-state index in [-0.39, 0.29) is 16.7 Å². The normalized spacial score (nSPS) is 18.4. The molecule has 1 aliphatic carbocycles. The second-order valence-corrected chi connectivity index (χ2v) is 12.5. The Balaban J connectivity index is 2.16. The third kappa shape index (κ3) is 6.29. The van der Waals surface area contributed by atoms with Gasteiger partial charge in [0.05, 0.1) is 12.0 Å². The van der Waals surface area contributed by atoms with Crippen LogP contribution in [0.1, 0.15) is 52.7 Å². The predicted molar refractivity (Wildman–Crippen MR) is 157 cm³/mol. The second kappa shape index (κ2) is 10.4. The van der Waals surface area contributed by atoms with Gasteiger partial charge in [0, 0.05) is 50.7 Å².